The molecule has 3 aromatic rings. The van der Waals surface area contributed by atoms with E-state index < -0.39 is 0 Å². The van der Waals surface area contributed by atoms with Crippen LogP contribution in [0.15, 0.2) is 53.6 Å². The van der Waals surface area contributed by atoms with Gasteiger partial charge in [0.15, 0.2) is 0 Å². The van der Waals surface area contributed by atoms with E-state index in [0.29, 0.717) is 11.4 Å². The minimum Gasteiger partial charge on any atom is -0.150 e. The average molecular weight is 236 g/mol. The van der Waals surface area contributed by atoms with Crippen LogP contribution in [0.2, 0.25) is 0 Å². The summed E-state index contributed by atoms with van der Waals surface area (Å²) in [5.41, 5.74) is 11.3. The van der Waals surface area contributed by atoms with E-state index in [4.69, 9.17) is 5.53 Å². The van der Waals surface area contributed by atoms with Crippen LogP contribution in [-0.2, 0) is 0 Å². The van der Waals surface area contributed by atoms with Crippen molar-refractivity contribution < 1.29 is 0 Å². The zero-order valence-electron chi connectivity index (χ0n) is 9.30. The van der Waals surface area contributed by atoms with Crippen LogP contribution in [-0.4, -0.2) is 15.0 Å². The van der Waals surface area contributed by atoms with Gasteiger partial charge in [-0.25, -0.2) is 0 Å². The standard InChI is InChI=1S/C12H8N6/c13-17-14-11-7-3-4-8-12(11)18-15-9-5-1-2-6-10(9)16-18/h1-8H. The van der Waals surface area contributed by atoms with E-state index in [2.05, 4.69) is 20.2 Å². The van der Waals surface area contributed by atoms with Gasteiger partial charge in [-0.1, -0.05) is 35.4 Å². The molecule has 0 fully saturated rings. The molecule has 0 atom stereocenters. The van der Waals surface area contributed by atoms with Gasteiger partial charge in [-0.2, -0.15) is 0 Å². The molecule has 1 heterocycles. The normalized spacial score (nSPS) is 10.2. The van der Waals surface area contributed by atoms with Crippen LogP contribution in [0.1, 0.15) is 0 Å². The van der Waals surface area contributed by atoms with Crippen molar-refractivity contribution >= 4 is 16.7 Å². The van der Waals surface area contributed by atoms with Gasteiger partial charge in [-0.3, -0.25) is 0 Å². The van der Waals surface area contributed by atoms with Crippen LogP contribution in [0.4, 0.5) is 5.69 Å². The predicted octanol–water partition coefficient (Wildman–Crippen LogP) is 3.36. The second-order valence-corrected chi connectivity index (χ2v) is 3.66. The second kappa shape index (κ2) is 4.20. The third kappa shape index (κ3) is 1.66. The molecule has 0 unspecified atom stereocenters. The van der Waals surface area contributed by atoms with Gasteiger partial charge in [0.25, 0.3) is 0 Å². The molecule has 0 aliphatic heterocycles. The Morgan fingerprint density at radius 2 is 1.56 bits per heavy atom. The largest absolute Gasteiger partial charge is 0.150 e. The fraction of sp³-hybridized carbons (Fsp3) is 0. The zero-order valence-corrected chi connectivity index (χ0v) is 9.30. The molecule has 18 heavy (non-hydrogen) atoms. The zero-order chi connectivity index (χ0) is 12.4. The van der Waals surface area contributed by atoms with Crippen molar-refractivity contribution in [2.24, 2.45) is 5.11 Å². The highest BCUT2D eigenvalue weighted by Crippen LogP contribution is 2.22. The summed E-state index contributed by atoms with van der Waals surface area (Å²) in [6.07, 6.45) is 0. The molecular formula is C12H8N6. The van der Waals surface area contributed by atoms with E-state index >= 15 is 0 Å². The number of hydrogen-bond donors (Lipinski definition) is 0. The van der Waals surface area contributed by atoms with Crippen molar-refractivity contribution in [2.75, 3.05) is 0 Å². The van der Waals surface area contributed by atoms with E-state index in [0.717, 1.165) is 11.0 Å². The number of nitrogens with zero attached hydrogens (tertiary/aromatic N) is 6. The maximum atomic E-state index is 8.54. The maximum Gasteiger partial charge on any atom is 0.113 e. The Kier molecular flexibility index (Phi) is 2.40. The van der Waals surface area contributed by atoms with Crippen LogP contribution in [0.25, 0.3) is 27.2 Å². The highest BCUT2D eigenvalue weighted by Gasteiger charge is 2.06. The lowest BCUT2D eigenvalue weighted by Crippen LogP contribution is -1.98. The van der Waals surface area contributed by atoms with Gasteiger partial charge in [0, 0.05) is 4.91 Å². The molecule has 0 aliphatic rings. The molecule has 0 N–H and O–H groups in total. The van der Waals surface area contributed by atoms with Crippen LogP contribution in [0.3, 0.4) is 0 Å². The van der Waals surface area contributed by atoms with Crippen LogP contribution in [0, 0.1) is 0 Å². The van der Waals surface area contributed by atoms with Gasteiger partial charge >= 0.3 is 0 Å². The average Bonchev–Trinajstić information content (AvgIpc) is 2.83. The van der Waals surface area contributed by atoms with Crippen LogP contribution in [0.5, 0.6) is 0 Å². The molecule has 0 amide bonds. The molecule has 3 rings (SSSR count). The topological polar surface area (TPSA) is 79.5 Å². The lowest BCUT2D eigenvalue weighted by molar-refractivity contribution is 0.766. The molecule has 0 bridgehead atoms. The van der Waals surface area contributed by atoms with E-state index in [1.807, 2.05) is 36.4 Å². The minimum absolute atomic E-state index is 0.500. The SMILES string of the molecule is [N-]=[N+]=Nc1ccccc1-n1nc2ccccc2n1. The van der Waals surface area contributed by atoms with E-state index in [1.165, 1.54) is 4.80 Å². The summed E-state index contributed by atoms with van der Waals surface area (Å²) >= 11 is 0. The first-order valence-electron chi connectivity index (χ1n) is 5.35. The van der Waals surface area contributed by atoms with Gasteiger partial charge in [0.05, 0.1) is 11.4 Å². The highest BCUT2D eigenvalue weighted by atomic mass is 15.5. The second-order valence-electron chi connectivity index (χ2n) is 3.66. The Balaban J connectivity index is 2.22. The van der Waals surface area contributed by atoms with E-state index in [-0.39, 0.29) is 0 Å². The highest BCUT2D eigenvalue weighted by molar-refractivity contribution is 5.74. The molecule has 6 nitrogen and oxygen atoms in total. The van der Waals surface area contributed by atoms with Crippen molar-refractivity contribution in [2.45, 2.75) is 0 Å². The number of hydrogen-bond acceptors (Lipinski definition) is 3. The lowest BCUT2D eigenvalue weighted by atomic mass is 10.3. The van der Waals surface area contributed by atoms with Gasteiger partial charge in [0.2, 0.25) is 0 Å². The summed E-state index contributed by atoms with van der Waals surface area (Å²) in [7, 11) is 0. The first-order valence-corrected chi connectivity index (χ1v) is 5.35. The quantitative estimate of drug-likeness (QED) is 0.388. The molecule has 0 saturated carbocycles. The van der Waals surface area contributed by atoms with Crippen molar-refractivity contribution in [1.29, 1.82) is 0 Å². The molecule has 0 radical (unpaired) electrons. The van der Waals surface area contributed by atoms with Crippen molar-refractivity contribution in [3.05, 3.63) is 59.0 Å². The number of rotatable bonds is 2. The van der Waals surface area contributed by atoms with Crippen molar-refractivity contribution in [3.8, 4) is 5.69 Å². The van der Waals surface area contributed by atoms with E-state index in [1.54, 1.807) is 12.1 Å². The number of fused-ring (bicyclic) bond motifs is 1. The number of benzene rings is 2. The maximum absolute atomic E-state index is 8.54. The molecular weight excluding hydrogens is 228 g/mol. The smallest absolute Gasteiger partial charge is 0.113 e. The summed E-state index contributed by atoms with van der Waals surface area (Å²) in [5.74, 6) is 0. The van der Waals surface area contributed by atoms with Gasteiger partial charge in [-0.05, 0) is 23.7 Å². The van der Waals surface area contributed by atoms with E-state index in [9.17, 15) is 0 Å². The minimum atomic E-state index is 0.500. The molecule has 0 spiro atoms. The summed E-state index contributed by atoms with van der Waals surface area (Å²) in [5, 5.41) is 12.3. The summed E-state index contributed by atoms with van der Waals surface area (Å²) in [4.78, 5) is 4.28. The monoisotopic (exact) mass is 236 g/mol. The first-order chi connectivity index (χ1) is 8.88. The number of para-hydroxylation sites is 1. The molecule has 2 aromatic carbocycles. The molecule has 86 valence electrons. The van der Waals surface area contributed by atoms with Crippen molar-refractivity contribution in [3.63, 3.8) is 0 Å². The molecule has 0 saturated heterocycles. The van der Waals surface area contributed by atoms with Gasteiger partial charge in [0.1, 0.15) is 11.0 Å². The Morgan fingerprint density at radius 3 is 2.22 bits per heavy atom. The third-order valence-electron chi connectivity index (χ3n) is 2.54. The van der Waals surface area contributed by atoms with Crippen molar-refractivity contribution in [1.82, 2.24) is 15.0 Å². The Labute approximate surface area is 102 Å². The summed E-state index contributed by atoms with van der Waals surface area (Å²) in [6.45, 7) is 0. The molecule has 1 aromatic heterocycles. The summed E-state index contributed by atoms with van der Waals surface area (Å²) < 4.78 is 0. The summed E-state index contributed by atoms with van der Waals surface area (Å²) in [6, 6.07) is 14.8. The fourth-order valence-electron chi connectivity index (χ4n) is 1.73. The molecule has 0 aliphatic carbocycles. The number of azide groups is 1. The van der Waals surface area contributed by atoms with Gasteiger partial charge in [-0.15, -0.1) is 15.0 Å². The predicted molar refractivity (Wildman–Crippen MR) is 67.7 cm³/mol. The molecule has 6 heteroatoms. The Morgan fingerprint density at radius 1 is 0.944 bits per heavy atom. The third-order valence-corrected chi connectivity index (χ3v) is 2.54. The lowest BCUT2D eigenvalue weighted by Gasteiger charge is -2.01. The fourth-order valence-corrected chi connectivity index (χ4v) is 1.73. The Bertz CT molecular complexity index is 721. The Hall–Kier alpha value is -2.85. The van der Waals surface area contributed by atoms with Crippen LogP contribution < -0.4 is 0 Å². The van der Waals surface area contributed by atoms with Crippen LogP contribution >= 0.6 is 0 Å². The number of aromatic nitrogens is 3. The first kappa shape index (κ1) is 10.3. The van der Waals surface area contributed by atoms with Gasteiger partial charge < -0.3 is 0 Å².